The number of fused-ring (bicyclic) bond motifs is 2. The van der Waals surface area contributed by atoms with Gasteiger partial charge in [0.1, 0.15) is 0 Å². The summed E-state index contributed by atoms with van der Waals surface area (Å²) in [6, 6.07) is 22.1. The second-order valence-corrected chi connectivity index (χ2v) is 10.4. The molecule has 2 amide bonds. The van der Waals surface area contributed by atoms with Crippen LogP contribution in [0, 0.1) is 5.92 Å². The number of hydrogen-bond donors (Lipinski definition) is 1. The Balaban J connectivity index is 1.13. The molecule has 3 atom stereocenters. The van der Waals surface area contributed by atoms with Crippen molar-refractivity contribution in [3.63, 3.8) is 0 Å². The van der Waals surface area contributed by atoms with Crippen molar-refractivity contribution >= 4 is 28.3 Å². The molecule has 3 aromatic rings. The number of hydrogen-bond acceptors (Lipinski definition) is 3. The first-order valence-corrected chi connectivity index (χ1v) is 12.5. The van der Waals surface area contributed by atoms with Crippen LogP contribution in [0.4, 0.5) is 5.69 Å². The molecule has 2 fully saturated rings. The van der Waals surface area contributed by atoms with Crippen LogP contribution in [-0.4, -0.2) is 42.9 Å². The summed E-state index contributed by atoms with van der Waals surface area (Å²) in [6.45, 7) is 1.97. The van der Waals surface area contributed by atoms with Gasteiger partial charge in [-0.15, -0.1) is 0 Å². The first-order chi connectivity index (χ1) is 16.6. The molecular formula is C29H29N3O2. The van der Waals surface area contributed by atoms with Crippen LogP contribution >= 0.6 is 0 Å². The van der Waals surface area contributed by atoms with E-state index in [1.54, 1.807) is 7.05 Å². The van der Waals surface area contributed by atoms with E-state index in [-0.39, 0.29) is 23.8 Å². The molecule has 2 unspecified atom stereocenters. The van der Waals surface area contributed by atoms with Gasteiger partial charge in [0.25, 0.3) is 0 Å². The fourth-order valence-electron chi connectivity index (χ4n) is 7.15. The maximum atomic E-state index is 13.8. The molecule has 0 aromatic heterocycles. The zero-order valence-corrected chi connectivity index (χ0v) is 19.5. The number of amides is 2. The minimum atomic E-state index is -0.642. The quantitative estimate of drug-likeness (QED) is 0.656. The summed E-state index contributed by atoms with van der Waals surface area (Å²) >= 11 is 0. The number of anilines is 1. The Labute approximate surface area is 199 Å². The van der Waals surface area contributed by atoms with E-state index < -0.39 is 5.41 Å². The Morgan fingerprint density at radius 1 is 1.00 bits per heavy atom. The minimum Gasteiger partial charge on any atom is -0.359 e. The number of carbonyl (C=O) groups is 2. The Bertz CT molecular complexity index is 1340. The van der Waals surface area contributed by atoms with Crippen LogP contribution < -0.4 is 10.2 Å². The predicted octanol–water partition coefficient (Wildman–Crippen LogP) is 3.95. The summed E-state index contributed by atoms with van der Waals surface area (Å²) in [5.74, 6) is -0.123. The average Bonchev–Trinajstić information content (AvgIpc) is 3.46. The topological polar surface area (TPSA) is 52.7 Å². The van der Waals surface area contributed by atoms with Crippen LogP contribution in [0.3, 0.4) is 0 Å². The van der Waals surface area contributed by atoms with Gasteiger partial charge < -0.3 is 10.2 Å². The highest BCUT2D eigenvalue weighted by atomic mass is 16.2. The molecule has 2 aliphatic carbocycles. The van der Waals surface area contributed by atoms with Gasteiger partial charge in [0, 0.05) is 37.9 Å². The number of nitrogens with zero attached hydrogens (tertiary/aromatic N) is 2. The molecule has 0 bridgehead atoms. The molecule has 172 valence electrons. The van der Waals surface area contributed by atoms with Crippen LogP contribution in [-0.2, 0) is 21.4 Å². The Morgan fingerprint density at radius 3 is 2.56 bits per heavy atom. The van der Waals surface area contributed by atoms with Gasteiger partial charge in [-0.1, -0.05) is 54.6 Å². The van der Waals surface area contributed by atoms with E-state index in [1.165, 1.54) is 21.9 Å². The first kappa shape index (κ1) is 20.2. The van der Waals surface area contributed by atoms with E-state index >= 15 is 0 Å². The third kappa shape index (κ3) is 2.59. The van der Waals surface area contributed by atoms with Crippen LogP contribution in [0.5, 0.6) is 0 Å². The smallest absolute Gasteiger partial charge is 0.238 e. The van der Waals surface area contributed by atoms with Crippen LogP contribution in [0.15, 0.2) is 60.7 Å². The largest absolute Gasteiger partial charge is 0.359 e. The average molecular weight is 452 g/mol. The van der Waals surface area contributed by atoms with Gasteiger partial charge in [0.05, 0.1) is 11.3 Å². The predicted molar refractivity (Wildman–Crippen MR) is 133 cm³/mol. The summed E-state index contributed by atoms with van der Waals surface area (Å²) in [5.41, 5.74) is 4.35. The van der Waals surface area contributed by atoms with Crippen molar-refractivity contribution < 1.29 is 9.59 Å². The number of nitrogens with one attached hydrogen (secondary N) is 1. The Kier molecular flexibility index (Phi) is 4.26. The lowest BCUT2D eigenvalue weighted by molar-refractivity contribution is -0.126. The number of piperidine rings is 1. The van der Waals surface area contributed by atoms with Crippen molar-refractivity contribution in [3.8, 4) is 0 Å². The molecular weight excluding hydrogens is 422 g/mol. The second kappa shape index (κ2) is 7.16. The van der Waals surface area contributed by atoms with Crippen molar-refractivity contribution in [1.82, 2.24) is 10.2 Å². The van der Waals surface area contributed by atoms with Crippen LogP contribution in [0.2, 0.25) is 0 Å². The molecule has 1 saturated carbocycles. The van der Waals surface area contributed by atoms with Gasteiger partial charge in [-0.2, -0.15) is 0 Å². The molecule has 1 N–H and O–H groups in total. The van der Waals surface area contributed by atoms with Gasteiger partial charge in [-0.05, 0) is 59.2 Å². The maximum absolute atomic E-state index is 13.8. The lowest BCUT2D eigenvalue weighted by Gasteiger charge is -2.40. The molecule has 4 aliphatic rings. The monoisotopic (exact) mass is 451 g/mol. The molecule has 2 aliphatic heterocycles. The van der Waals surface area contributed by atoms with E-state index in [9.17, 15) is 9.59 Å². The first-order valence-electron chi connectivity index (χ1n) is 12.5. The minimum absolute atomic E-state index is 0.0187. The number of para-hydroxylation sites is 1. The summed E-state index contributed by atoms with van der Waals surface area (Å²) in [6.07, 6.45) is 3.62. The van der Waals surface area contributed by atoms with Gasteiger partial charge in [0.15, 0.2) is 0 Å². The Morgan fingerprint density at radius 2 is 1.76 bits per heavy atom. The molecule has 3 aromatic carbocycles. The third-order valence-electron chi connectivity index (χ3n) is 8.87. The zero-order valence-electron chi connectivity index (χ0n) is 19.5. The second-order valence-electron chi connectivity index (χ2n) is 10.4. The van der Waals surface area contributed by atoms with Gasteiger partial charge >= 0.3 is 0 Å². The zero-order chi connectivity index (χ0) is 23.0. The molecule has 1 spiro atoms. The van der Waals surface area contributed by atoms with E-state index in [4.69, 9.17) is 0 Å². The highest BCUT2D eigenvalue weighted by molar-refractivity contribution is 6.14. The summed E-state index contributed by atoms with van der Waals surface area (Å²) < 4.78 is 0. The fourth-order valence-corrected chi connectivity index (χ4v) is 7.15. The van der Waals surface area contributed by atoms with Crippen molar-refractivity contribution in [3.05, 3.63) is 77.4 Å². The molecule has 7 rings (SSSR count). The molecule has 1 saturated heterocycles. The SMILES string of the molecule is CNC(=O)[C@H]1CC12C(=O)N(C1CCN(C3Cc4cccc5cccc3c45)CC1)c1ccccc12. The number of carbonyl (C=O) groups excluding carboxylic acids is 2. The van der Waals surface area contributed by atoms with Crippen molar-refractivity contribution in [1.29, 1.82) is 0 Å². The third-order valence-corrected chi connectivity index (χ3v) is 8.87. The van der Waals surface area contributed by atoms with Crippen molar-refractivity contribution in [2.75, 3.05) is 25.0 Å². The number of likely N-dealkylation sites (tertiary alicyclic amines) is 1. The normalized spacial score (nSPS) is 28.0. The highest BCUT2D eigenvalue weighted by Crippen LogP contribution is 2.62. The van der Waals surface area contributed by atoms with E-state index in [0.717, 1.165) is 43.6 Å². The van der Waals surface area contributed by atoms with Crippen molar-refractivity contribution in [2.45, 2.75) is 43.2 Å². The summed E-state index contributed by atoms with van der Waals surface area (Å²) in [5, 5.41) is 5.54. The number of benzene rings is 3. The van der Waals surface area contributed by atoms with Crippen LogP contribution in [0.1, 0.15) is 42.0 Å². The van der Waals surface area contributed by atoms with E-state index in [1.807, 2.05) is 12.1 Å². The number of rotatable bonds is 3. The van der Waals surface area contributed by atoms with Crippen LogP contribution in [0.25, 0.3) is 10.8 Å². The molecule has 34 heavy (non-hydrogen) atoms. The lowest BCUT2D eigenvalue weighted by Crippen LogP contribution is -2.48. The van der Waals surface area contributed by atoms with E-state index in [0.29, 0.717) is 12.5 Å². The summed E-state index contributed by atoms with van der Waals surface area (Å²) in [4.78, 5) is 30.9. The fraction of sp³-hybridized carbons (Fsp3) is 0.379. The molecule has 0 radical (unpaired) electrons. The van der Waals surface area contributed by atoms with Crippen molar-refractivity contribution in [2.24, 2.45) is 5.92 Å². The molecule has 5 nitrogen and oxygen atoms in total. The lowest BCUT2D eigenvalue weighted by atomic mass is 9.94. The standard InChI is InChI=1S/C29H29N3O2/c1-30-27(33)23-17-29(23)22-10-2-3-11-24(22)32(28(29)34)20-12-14-31(15-13-20)25-16-19-8-4-6-18-7-5-9-21(25)26(18)19/h2-11,20,23,25H,12-17H2,1H3,(H,30,33)/t23-,25?,29?/m1/s1. The molecule has 2 heterocycles. The van der Waals surface area contributed by atoms with E-state index in [2.05, 4.69) is 63.6 Å². The Hall–Kier alpha value is -3.18. The van der Waals surface area contributed by atoms with Gasteiger partial charge in [-0.25, -0.2) is 0 Å². The molecule has 5 heteroatoms. The van der Waals surface area contributed by atoms with Gasteiger partial charge in [0.2, 0.25) is 11.8 Å². The van der Waals surface area contributed by atoms with Gasteiger partial charge in [-0.3, -0.25) is 14.5 Å². The summed E-state index contributed by atoms with van der Waals surface area (Å²) in [7, 11) is 1.66. The maximum Gasteiger partial charge on any atom is 0.238 e. The highest BCUT2D eigenvalue weighted by Gasteiger charge is 2.70.